The number of hydrogen-bond acceptors (Lipinski definition) is 4. The van der Waals surface area contributed by atoms with Crippen molar-refractivity contribution < 1.29 is 14.3 Å². The van der Waals surface area contributed by atoms with E-state index in [1.165, 1.54) is 6.08 Å². The Labute approximate surface area is 148 Å². The lowest BCUT2D eigenvalue weighted by Gasteiger charge is -2.34. The lowest BCUT2D eigenvalue weighted by atomic mass is 9.92. The van der Waals surface area contributed by atoms with Gasteiger partial charge < -0.3 is 9.64 Å². The molecule has 1 amide bonds. The van der Waals surface area contributed by atoms with Crippen LogP contribution in [0.4, 0.5) is 0 Å². The van der Waals surface area contributed by atoms with Crippen molar-refractivity contribution in [3.8, 4) is 6.07 Å². The number of ether oxygens (including phenoxy) is 1. The van der Waals surface area contributed by atoms with Gasteiger partial charge in [-0.3, -0.25) is 4.79 Å². The molecule has 0 spiro atoms. The van der Waals surface area contributed by atoms with E-state index in [0.29, 0.717) is 24.9 Å². The van der Waals surface area contributed by atoms with Gasteiger partial charge in [0, 0.05) is 13.1 Å². The Hall–Kier alpha value is -2.61. The van der Waals surface area contributed by atoms with E-state index in [9.17, 15) is 14.9 Å². The van der Waals surface area contributed by atoms with Crippen LogP contribution in [0.5, 0.6) is 0 Å². The number of hydrogen-bond donors (Lipinski definition) is 0. The molecule has 1 fully saturated rings. The number of likely N-dealkylation sites (tertiary alicyclic amines) is 1. The fraction of sp³-hybridized carbons (Fsp3) is 0.450. The van der Waals surface area contributed by atoms with Crippen LogP contribution in [0.15, 0.2) is 29.8 Å². The Kier molecular flexibility index (Phi) is 6.35. The summed E-state index contributed by atoms with van der Waals surface area (Å²) in [4.78, 5) is 26.1. The lowest BCUT2D eigenvalue weighted by Crippen LogP contribution is -2.44. The van der Waals surface area contributed by atoms with Crippen molar-refractivity contribution >= 4 is 18.0 Å². The molecule has 2 atom stereocenters. The number of aryl methyl sites for hydroxylation is 1. The van der Waals surface area contributed by atoms with E-state index >= 15 is 0 Å². The van der Waals surface area contributed by atoms with Crippen molar-refractivity contribution in [2.75, 3.05) is 19.7 Å². The van der Waals surface area contributed by atoms with Crippen LogP contribution in [-0.2, 0) is 14.3 Å². The average Bonchev–Trinajstić information content (AvgIpc) is 2.58. The first-order valence-electron chi connectivity index (χ1n) is 8.52. The number of benzene rings is 1. The van der Waals surface area contributed by atoms with E-state index in [2.05, 4.69) is 13.8 Å². The Balaban J connectivity index is 1.94. The molecule has 1 aromatic rings. The number of esters is 1. The predicted octanol–water partition coefficient (Wildman–Crippen LogP) is 2.95. The molecular weight excluding hydrogens is 316 g/mol. The second kappa shape index (κ2) is 8.48. The minimum Gasteiger partial charge on any atom is -0.451 e. The van der Waals surface area contributed by atoms with Crippen molar-refractivity contribution in [2.45, 2.75) is 27.2 Å². The van der Waals surface area contributed by atoms with Crippen LogP contribution in [0.25, 0.3) is 6.08 Å². The molecule has 1 aliphatic heterocycles. The third-order valence-electron chi connectivity index (χ3n) is 4.28. The topological polar surface area (TPSA) is 70.4 Å². The van der Waals surface area contributed by atoms with Gasteiger partial charge in [-0.1, -0.05) is 43.7 Å². The number of carbonyl (C=O) groups is 2. The summed E-state index contributed by atoms with van der Waals surface area (Å²) in [6.45, 7) is 7.22. The summed E-state index contributed by atoms with van der Waals surface area (Å²) in [5.41, 5.74) is 1.72. The molecule has 0 radical (unpaired) electrons. The fourth-order valence-corrected chi connectivity index (χ4v) is 3.13. The van der Waals surface area contributed by atoms with Gasteiger partial charge in [0.1, 0.15) is 11.6 Å². The highest BCUT2D eigenvalue weighted by Crippen LogP contribution is 2.21. The molecule has 0 unspecified atom stereocenters. The minimum atomic E-state index is -0.769. The van der Waals surface area contributed by atoms with E-state index < -0.39 is 5.97 Å². The van der Waals surface area contributed by atoms with Gasteiger partial charge in [-0.05, 0) is 36.8 Å². The SMILES string of the molecule is Cc1ccc(/C=C(\C#N)C(=O)OCC(=O)N2C[C@H](C)C[C@H](C)C2)cc1. The molecule has 2 rings (SSSR count). The number of amides is 1. The standard InChI is InChI=1S/C20H24N2O3/c1-14-4-6-17(7-5-14)9-18(10-21)20(24)25-13-19(23)22-11-15(2)8-16(3)12-22/h4-7,9,15-16H,8,11-13H2,1-3H3/b18-9+/t15-,16+. The van der Waals surface area contributed by atoms with Gasteiger partial charge in [-0.2, -0.15) is 5.26 Å². The predicted molar refractivity (Wildman–Crippen MR) is 95.3 cm³/mol. The van der Waals surface area contributed by atoms with Gasteiger partial charge in [0.25, 0.3) is 5.91 Å². The number of nitriles is 1. The zero-order valence-electron chi connectivity index (χ0n) is 15.0. The second-order valence-corrected chi connectivity index (χ2v) is 6.90. The molecule has 0 aromatic heterocycles. The van der Waals surface area contributed by atoms with E-state index in [4.69, 9.17) is 4.74 Å². The summed E-state index contributed by atoms with van der Waals surface area (Å²) in [6, 6.07) is 9.28. The number of rotatable bonds is 4. The normalized spacial score (nSPS) is 20.7. The first-order chi connectivity index (χ1) is 11.9. The Morgan fingerprint density at radius 1 is 1.24 bits per heavy atom. The van der Waals surface area contributed by atoms with Gasteiger partial charge in [0.15, 0.2) is 6.61 Å². The molecule has 0 saturated carbocycles. The summed E-state index contributed by atoms with van der Waals surface area (Å²) in [5, 5.41) is 9.18. The summed E-state index contributed by atoms with van der Waals surface area (Å²) >= 11 is 0. The van der Waals surface area contributed by atoms with Crippen LogP contribution in [-0.4, -0.2) is 36.5 Å². The van der Waals surface area contributed by atoms with Crippen LogP contribution >= 0.6 is 0 Å². The van der Waals surface area contributed by atoms with Crippen molar-refractivity contribution in [3.63, 3.8) is 0 Å². The largest absolute Gasteiger partial charge is 0.451 e. The van der Waals surface area contributed by atoms with Crippen molar-refractivity contribution in [3.05, 3.63) is 41.0 Å². The van der Waals surface area contributed by atoms with Crippen molar-refractivity contribution in [1.82, 2.24) is 4.90 Å². The quantitative estimate of drug-likeness (QED) is 0.480. The average molecular weight is 340 g/mol. The maximum atomic E-state index is 12.2. The van der Waals surface area contributed by atoms with E-state index in [1.807, 2.05) is 37.3 Å². The van der Waals surface area contributed by atoms with E-state index in [-0.39, 0.29) is 18.1 Å². The Morgan fingerprint density at radius 3 is 2.40 bits per heavy atom. The third-order valence-corrected chi connectivity index (χ3v) is 4.28. The molecule has 5 nitrogen and oxygen atoms in total. The molecule has 1 saturated heterocycles. The molecule has 1 aliphatic rings. The smallest absolute Gasteiger partial charge is 0.349 e. The highest BCUT2D eigenvalue weighted by atomic mass is 16.5. The Morgan fingerprint density at radius 2 is 1.84 bits per heavy atom. The lowest BCUT2D eigenvalue weighted by molar-refractivity contribution is -0.149. The molecular formula is C20H24N2O3. The fourth-order valence-electron chi connectivity index (χ4n) is 3.13. The van der Waals surface area contributed by atoms with Crippen LogP contribution in [0.2, 0.25) is 0 Å². The molecule has 1 aromatic carbocycles. The van der Waals surface area contributed by atoms with Crippen LogP contribution in [0, 0.1) is 30.1 Å². The van der Waals surface area contributed by atoms with E-state index in [1.54, 1.807) is 4.90 Å². The molecule has 132 valence electrons. The Bertz CT molecular complexity index is 691. The van der Waals surface area contributed by atoms with Crippen LogP contribution in [0.1, 0.15) is 31.4 Å². The van der Waals surface area contributed by atoms with Crippen LogP contribution < -0.4 is 0 Å². The van der Waals surface area contributed by atoms with Gasteiger partial charge in [-0.25, -0.2) is 4.79 Å². The van der Waals surface area contributed by atoms with Gasteiger partial charge >= 0.3 is 5.97 Å². The monoisotopic (exact) mass is 340 g/mol. The first-order valence-corrected chi connectivity index (χ1v) is 8.52. The number of nitrogens with zero attached hydrogens (tertiary/aromatic N) is 2. The molecule has 0 N–H and O–H groups in total. The van der Waals surface area contributed by atoms with E-state index in [0.717, 1.165) is 17.5 Å². The molecule has 1 heterocycles. The molecule has 0 aliphatic carbocycles. The van der Waals surface area contributed by atoms with Crippen LogP contribution in [0.3, 0.4) is 0 Å². The van der Waals surface area contributed by atoms with Crippen molar-refractivity contribution in [1.29, 1.82) is 5.26 Å². The minimum absolute atomic E-state index is 0.114. The summed E-state index contributed by atoms with van der Waals surface area (Å²) < 4.78 is 5.06. The zero-order valence-corrected chi connectivity index (χ0v) is 15.0. The first kappa shape index (κ1) is 18.7. The molecule has 5 heteroatoms. The number of carbonyl (C=O) groups excluding carboxylic acids is 2. The second-order valence-electron chi connectivity index (χ2n) is 6.90. The highest BCUT2D eigenvalue weighted by Gasteiger charge is 2.26. The summed E-state index contributed by atoms with van der Waals surface area (Å²) in [7, 11) is 0. The van der Waals surface area contributed by atoms with Crippen molar-refractivity contribution in [2.24, 2.45) is 11.8 Å². The third kappa shape index (κ3) is 5.46. The maximum absolute atomic E-state index is 12.2. The summed E-state index contributed by atoms with van der Waals surface area (Å²) in [5.74, 6) is -0.0899. The van der Waals surface area contributed by atoms with Gasteiger partial charge in [-0.15, -0.1) is 0 Å². The molecule has 25 heavy (non-hydrogen) atoms. The molecule has 0 bridgehead atoms. The summed E-state index contributed by atoms with van der Waals surface area (Å²) in [6.07, 6.45) is 2.57. The maximum Gasteiger partial charge on any atom is 0.349 e. The van der Waals surface area contributed by atoms with Gasteiger partial charge in [0.2, 0.25) is 0 Å². The highest BCUT2D eigenvalue weighted by molar-refractivity contribution is 5.98. The zero-order chi connectivity index (χ0) is 18.4. The van der Waals surface area contributed by atoms with Gasteiger partial charge in [0.05, 0.1) is 0 Å². The number of piperidine rings is 1.